The fourth-order valence-electron chi connectivity index (χ4n) is 3.54. The Labute approximate surface area is 125 Å². The van der Waals surface area contributed by atoms with Gasteiger partial charge in [0.15, 0.2) is 0 Å². The second-order valence-corrected chi connectivity index (χ2v) is 6.75. The van der Waals surface area contributed by atoms with Crippen molar-refractivity contribution in [2.24, 2.45) is 5.92 Å². The molecule has 0 aromatic heterocycles. The molecule has 0 bridgehead atoms. The molecule has 2 aliphatic carbocycles. The minimum Gasteiger partial charge on any atom is -0.399 e. The Balaban J connectivity index is 1.48. The van der Waals surface area contributed by atoms with Gasteiger partial charge in [-0.2, -0.15) is 0 Å². The first-order chi connectivity index (χ1) is 10.2. The molecule has 3 fully saturated rings. The smallest absolute Gasteiger partial charge is 0.230 e. The highest BCUT2D eigenvalue weighted by atomic mass is 16.5. The number of carbonyl (C=O) groups excluding carboxylic acids is 1. The maximum absolute atomic E-state index is 12.8. The van der Waals surface area contributed by atoms with Gasteiger partial charge in [0.05, 0.1) is 17.6 Å². The average Bonchev–Trinajstić information content (AvgIpc) is 3.40. The molecule has 2 atom stereocenters. The first-order valence-electron chi connectivity index (χ1n) is 7.98. The molecule has 112 valence electrons. The lowest BCUT2D eigenvalue weighted by atomic mass is 9.93. The zero-order valence-electron chi connectivity index (χ0n) is 12.2. The lowest BCUT2D eigenvalue weighted by molar-refractivity contribution is -0.124. The quantitative estimate of drug-likeness (QED) is 0.832. The first kappa shape index (κ1) is 13.1. The van der Waals surface area contributed by atoms with Gasteiger partial charge in [0.25, 0.3) is 0 Å². The molecule has 1 aromatic carbocycles. The second-order valence-electron chi connectivity index (χ2n) is 6.75. The minimum atomic E-state index is -0.315. The third-order valence-corrected chi connectivity index (χ3v) is 5.19. The Bertz CT molecular complexity index is 546. The molecular weight excluding hydrogens is 264 g/mol. The highest BCUT2D eigenvalue weighted by Crippen LogP contribution is 2.49. The summed E-state index contributed by atoms with van der Waals surface area (Å²) in [4.78, 5) is 12.8. The number of amides is 1. The Morgan fingerprint density at radius 1 is 1.19 bits per heavy atom. The van der Waals surface area contributed by atoms with Crippen molar-refractivity contribution in [3.05, 3.63) is 29.8 Å². The van der Waals surface area contributed by atoms with E-state index in [4.69, 9.17) is 10.5 Å². The van der Waals surface area contributed by atoms with E-state index in [0.29, 0.717) is 5.92 Å². The molecule has 4 nitrogen and oxygen atoms in total. The number of rotatable bonds is 4. The standard InChI is InChI=1S/C17H22N2O2/c18-13-5-3-12(4-6-13)17(8-9-17)16(20)19-14-7-10-21-15(14)11-1-2-11/h3-6,11,14-15H,1-2,7-10,18H2,(H,19,20). The van der Waals surface area contributed by atoms with E-state index >= 15 is 0 Å². The summed E-state index contributed by atoms with van der Waals surface area (Å²) < 4.78 is 5.81. The van der Waals surface area contributed by atoms with Gasteiger partial charge in [0, 0.05) is 12.3 Å². The molecule has 0 spiro atoms. The fraction of sp³-hybridized carbons (Fsp3) is 0.588. The average molecular weight is 286 g/mol. The van der Waals surface area contributed by atoms with Crippen LogP contribution in [0.4, 0.5) is 5.69 Å². The van der Waals surface area contributed by atoms with Crippen molar-refractivity contribution in [2.45, 2.75) is 49.7 Å². The van der Waals surface area contributed by atoms with Gasteiger partial charge in [0.2, 0.25) is 5.91 Å². The zero-order valence-corrected chi connectivity index (χ0v) is 12.2. The highest BCUT2D eigenvalue weighted by Gasteiger charge is 2.52. The summed E-state index contributed by atoms with van der Waals surface area (Å²) in [5.41, 5.74) is 7.26. The van der Waals surface area contributed by atoms with Crippen molar-refractivity contribution >= 4 is 11.6 Å². The van der Waals surface area contributed by atoms with Gasteiger partial charge in [-0.25, -0.2) is 0 Å². The third kappa shape index (κ3) is 2.31. The van der Waals surface area contributed by atoms with E-state index in [-0.39, 0.29) is 23.5 Å². The number of nitrogen functional groups attached to an aromatic ring is 1. The van der Waals surface area contributed by atoms with Gasteiger partial charge in [-0.05, 0) is 55.7 Å². The molecule has 1 aromatic rings. The molecule has 4 rings (SSSR count). The van der Waals surface area contributed by atoms with Gasteiger partial charge in [-0.15, -0.1) is 0 Å². The number of carbonyl (C=O) groups is 1. The normalized spacial score (nSPS) is 30.1. The largest absolute Gasteiger partial charge is 0.399 e. The maximum Gasteiger partial charge on any atom is 0.230 e. The Hall–Kier alpha value is -1.55. The van der Waals surface area contributed by atoms with Crippen LogP contribution in [0.15, 0.2) is 24.3 Å². The summed E-state index contributed by atoms with van der Waals surface area (Å²) in [6.07, 6.45) is 5.57. The van der Waals surface area contributed by atoms with Crippen LogP contribution in [0.25, 0.3) is 0 Å². The molecule has 1 saturated heterocycles. The maximum atomic E-state index is 12.8. The first-order valence-corrected chi connectivity index (χ1v) is 7.98. The van der Waals surface area contributed by atoms with Crippen molar-refractivity contribution in [3.63, 3.8) is 0 Å². The molecule has 0 radical (unpaired) electrons. The molecule has 1 amide bonds. The van der Waals surface area contributed by atoms with E-state index in [1.165, 1.54) is 12.8 Å². The number of anilines is 1. The number of benzene rings is 1. The van der Waals surface area contributed by atoms with Crippen LogP contribution in [-0.4, -0.2) is 24.7 Å². The number of hydrogen-bond donors (Lipinski definition) is 2. The van der Waals surface area contributed by atoms with Crippen LogP contribution in [0.5, 0.6) is 0 Å². The third-order valence-electron chi connectivity index (χ3n) is 5.19. The van der Waals surface area contributed by atoms with Crippen LogP contribution in [0.3, 0.4) is 0 Å². The summed E-state index contributed by atoms with van der Waals surface area (Å²) in [5.74, 6) is 0.845. The lowest BCUT2D eigenvalue weighted by Crippen LogP contribution is -2.46. The molecule has 3 N–H and O–H groups in total. The monoisotopic (exact) mass is 286 g/mol. The van der Waals surface area contributed by atoms with Crippen molar-refractivity contribution in [1.29, 1.82) is 0 Å². The van der Waals surface area contributed by atoms with Gasteiger partial charge < -0.3 is 15.8 Å². The van der Waals surface area contributed by atoms with E-state index in [0.717, 1.165) is 37.1 Å². The van der Waals surface area contributed by atoms with Gasteiger partial charge in [-0.1, -0.05) is 12.1 Å². The topological polar surface area (TPSA) is 64.4 Å². The van der Waals surface area contributed by atoms with Crippen molar-refractivity contribution in [1.82, 2.24) is 5.32 Å². The van der Waals surface area contributed by atoms with Gasteiger partial charge in [0.1, 0.15) is 0 Å². The molecule has 4 heteroatoms. The fourth-order valence-corrected chi connectivity index (χ4v) is 3.54. The predicted molar refractivity (Wildman–Crippen MR) is 80.8 cm³/mol. The summed E-state index contributed by atoms with van der Waals surface area (Å²) >= 11 is 0. The van der Waals surface area contributed by atoms with Crippen molar-refractivity contribution in [2.75, 3.05) is 12.3 Å². The Morgan fingerprint density at radius 2 is 1.90 bits per heavy atom. The zero-order chi connectivity index (χ0) is 14.4. The summed E-state index contributed by atoms with van der Waals surface area (Å²) in [7, 11) is 0. The van der Waals surface area contributed by atoms with E-state index in [9.17, 15) is 4.79 Å². The molecule has 21 heavy (non-hydrogen) atoms. The Kier molecular flexibility index (Phi) is 2.96. The van der Waals surface area contributed by atoms with Crippen LogP contribution in [0, 0.1) is 5.92 Å². The summed E-state index contributed by atoms with van der Waals surface area (Å²) in [6, 6.07) is 7.95. The van der Waals surface area contributed by atoms with Gasteiger partial charge >= 0.3 is 0 Å². The summed E-state index contributed by atoms with van der Waals surface area (Å²) in [5, 5.41) is 3.27. The number of hydrogen-bond acceptors (Lipinski definition) is 3. The molecule has 2 saturated carbocycles. The highest BCUT2D eigenvalue weighted by molar-refractivity contribution is 5.91. The van der Waals surface area contributed by atoms with Crippen LogP contribution >= 0.6 is 0 Å². The predicted octanol–water partition coefficient (Wildman–Crippen LogP) is 1.98. The number of ether oxygens (including phenoxy) is 1. The van der Waals surface area contributed by atoms with Crippen molar-refractivity contribution < 1.29 is 9.53 Å². The SMILES string of the molecule is Nc1ccc(C2(C(=O)NC3CCOC3C3CC3)CC2)cc1. The van der Waals surface area contributed by atoms with Crippen LogP contribution in [0.2, 0.25) is 0 Å². The summed E-state index contributed by atoms with van der Waals surface area (Å²) in [6.45, 7) is 0.779. The molecule has 1 aliphatic heterocycles. The minimum absolute atomic E-state index is 0.174. The second kappa shape index (κ2) is 4.73. The van der Waals surface area contributed by atoms with E-state index in [2.05, 4.69) is 5.32 Å². The molecule has 1 heterocycles. The Morgan fingerprint density at radius 3 is 2.52 bits per heavy atom. The van der Waals surface area contributed by atoms with Crippen LogP contribution in [-0.2, 0) is 14.9 Å². The molecule has 3 aliphatic rings. The van der Waals surface area contributed by atoms with E-state index < -0.39 is 0 Å². The molecular formula is C17H22N2O2. The van der Waals surface area contributed by atoms with Gasteiger partial charge in [-0.3, -0.25) is 4.79 Å². The van der Waals surface area contributed by atoms with Crippen molar-refractivity contribution in [3.8, 4) is 0 Å². The lowest BCUT2D eigenvalue weighted by Gasteiger charge is -2.23. The van der Waals surface area contributed by atoms with E-state index in [1.807, 2.05) is 24.3 Å². The van der Waals surface area contributed by atoms with Crippen LogP contribution < -0.4 is 11.1 Å². The van der Waals surface area contributed by atoms with Crippen LogP contribution in [0.1, 0.15) is 37.7 Å². The number of nitrogens with two attached hydrogens (primary N) is 1. The van der Waals surface area contributed by atoms with E-state index in [1.54, 1.807) is 0 Å². The molecule has 2 unspecified atom stereocenters. The number of nitrogens with one attached hydrogen (secondary N) is 1.